The molecule has 0 amide bonds. The summed E-state index contributed by atoms with van der Waals surface area (Å²) in [6.07, 6.45) is 11.1. The number of benzene rings is 2. The highest BCUT2D eigenvalue weighted by atomic mass is 19.1. The predicted molar refractivity (Wildman–Crippen MR) is 166 cm³/mol. The van der Waals surface area contributed by atoms with E-state index in [0.717, 1.165) is 61.2 Å². The first-order valence-corrected chi connectivity index (χ1v) is 16.2. The fraction of sp³-hybridized carbons (Fsp3) is 0.514. The minimum Gasteiger partial charge on any atom is -0.461 e. The van der Waals surface area contributed by atoms with Gasteiger partial charge in [0.15, 0.2) is 5.82 Å². The maximum Gasteiger partial charge on any atom is 0.319 e. The molecule has 0 spiro atoms. The number of rotatable bonds is 8. The molecular weight excluding hydrogens is 544 g/mol. The number of hydrogen-bond acceptors (Lipinski definition) is 6. The van der Waals surface area contributed by atoms with Crippen LogP contribution in [-0.4, -0.2) is 64.9 Å². The van der Waals surface area contributed by atoms with Gasteiger partial charge in [-0.15, -0.1) is 0 Å². The molecule has 4 fully saturated rings. The lowest BCUT2D eigenvalue weighted by atomic mass is 9.94. The van der Waals surface area contributed by atoms with Gasteiger partial charge in [-0.3, -0.25) is 14.3 Å². The third-order valence-electron chi connectivity index (χ3n) is 10.7. The average Bonchev–Trinajstić information content (AvgIpc) is 3.72. The Kier molecular flexibility index (Phi) is 6.92. The molecule has 0 N–H and O–H groups in total. The Morgan fingerprint density at radius 1 is 0.977 bits per heavy atom. The highest BCUT2D eigenvalue weighted by Gasteiger charge is 2.45. The van der Waals surface area contributed by atoms with Gasteiger partial charge >= 0.3 is 6.01 Å². The van der Waals surface area contributed by atoms with Crippen LogP contribution < -0.4 is 9.64 Å². The van der Waals surface area contributed by atoms with Crippen molar-refractivity contribution in [2.24, 2.45) is 11.8 Å². The molecule has 3 saturated heterocycles. The lowest BCUT2D eigenvalue weighted by Crippen LogP contribution is -2.43. The lowest BCUT2D eigenvalue weighted by molar-refractivity contribution is 0.108. The van der Waals surface area contributed by atoms with Gasteiger partial charge in [0.2, 0.25) is 0 Å². The summed E-state index contributed by atoms with van der Waals surface area (Å²) in [4.78, 5) is 19.3. The number of anilines is 1. The number of pyridine rings is 1. The normalized spacial score (nSPS) is 23.0. The summed E-state index contributed by atoms with van der Waals surface area (Å²) in [5.74, 6) is 1.57. The second-order valence-corrected chi connectivity index (χ2v) is 13.3. The third kappa shape index (κ3) is 4.73. The zero-order valence-corrected chi connectivity index (χ0v) is 24.7. The van der Waals surface area contributed by atoms with Gasteiger partial charge in [-0.05, 0) is 99.0 Å². The Morgan fingerprint density at radius 2 is 1.74 bits per heavy atom. The van der Waals surface area contributed by atoms with Crippen LogP contribution in [-0.2, 0) is 6.42 Å². The van der Waals surface area contributed by atoms with Gasteiger partial charge in [0.25, 0.3) is 0 Å². The average molecular weight is 584 g/mol. The molecule has 2 aromatic carbocycles. The molecule has 1 aliphatic carbocycles. The van der Waals surface area contributed by atoms with Gasteiger partial charge < -0.3 is 9.64 Å². The first-order chi connectivity index (χ1) is 21.1. The molecule has 8 heteroatoms. The monoisotopic (exact) mass is 583 g/mol. The summed E-state index contributed by atoms with van der Waals surface area (Å²) in [5, 5.41) is 2.54. The van der Waals surface area contributed by atoms with Crippen molar-refractivity contribution in [2.45, 2.75) is 63.3 Å². The Labute approximate surface area is 251 Å². The molecule has 0 radical (unpaired) electrons. The number of aromatic nitrogens is 3. The molecule has 4 aromatic rings. The molecule has 5 heterocycles. The van der Waals surface area contributed by atoms with Crippen molar-refractivity contribution in [1.82, 2.24) is 19.9 Å². The first kappa shape index (κ1) is 27.2. The predicted octanol–water partition coefficient (Wildman–Crippen LogP) is 7.13. The van der Waals surface area contributed by atoms with Crippen LogP contribution in [0.1, 0.15) is 56.9 Å². The van der Waals surface area contributed by atoms with Crippen molar-refractivity contribution < 1.29 is 13.5 Å². The molecule has 6 nitrogen and oxygen atoms in total. The smallest absolute Gasteiger partial charge is 0.319 e. The van der Waals surface area contributed by atoms with E-state index in [-0.39, 0.29) is 29.4 Å². The fourth-order valence-corrected chi connectivity index (χ4v) is 8.64. The minimum absolute atomic E-state index is 0.0453. The zero-order chi connectivity index (χ0) is 29.0. The summed E-state index contributed by atoms with van der Waals surface area (Å²) in [7, 11) is 0. The Morgan fingerprint density at radius 3 is 2.51 bits per heavy atom. The van der Waals surface area contributed by atoms with E-state index in [4.69, 9.17) is 19.7 Å². The van der Waals surface area contributed by atoms with E-state index in [0.29, 0.717) is 42.2 Å². The molecule has 1 saturated carbocycles. The SMILES string of the molecule is FCCCc1cccc2cccc(-c3ncc4c(N5CC6CCC(C6)C5)nc(OCC56CCCN5CCC6)nc4c3F)c12. The Hall–Kier alpha value is -3.39. The van der Waals surface area contributed by atoms with Crippen LogP contribution in [0.25, 0.3) is 32.9 Å². The molecule has 8 rings (SSSR count). The van der Waals surface area contributed by atoms with Crippen LogP contribution in [0.5, 0.6) is 6.01 Å². The number of alkyl halides is 1. The zero-order valence-electron chi connectivity index (χ0n) is 24.7. The molecule has 2 bridgehead atoms. The van der Waals surface area contributed by atoms with Gasteiger partial charge in [0.05, 0.1) is 17.6 Å². The van der Waals surface area contributed by atoms with Gasteiger partial charge in [0, 0.05) is 24.8 Å². The van der Waals surface area contributed by atoms with Crippen LogP contribution >= 0.6 is 0 Å². The van der Waals surface area contributed by atoms with Crippen LogP contribution in [0.4, 0.5) is 14.6 Å². The highest BCUT2D eigenvalue weighted by Crippen LogP contribution is 2.42. The van der Waals surface area contributed by atoms with Crippen molar-refractivity contribution in [2.75, 3.05) is 44.4 Å². The van der Waals surface area contributed by atoms with Crippen molar-refractivity contribution in [1.29, 1.82) is 0 Å². The standard InChI is InChI=1S/C35H39F2N5O/c36-15-3-9-26-7-1-6-25-8-2-10-27(29(25)26)31-30(37)32-28(19-38-31)33(41-20-23-11-12-24(18-23)21-41)40-34(39-32)43-22-35-13-4-16-42(35)17-5-14-35/h1-2,6-8,10,19,23-24H,3-5,9,11-18,20-22H2. The highest BCUT2D eigenvalue weighted by molar-refractivity contribution is 6.00. The molecule has 3 aliphatic heterocycles. The third-order valence-corrected chi connectivity index (χ3v) is 10.7. The van der Waals surface area contributed by atoms with E-state index in [2.05, 4.69) is 9.80 Å². The van der Waals surface area contributed by atoms with Crippen molar-refractivity contribution in [3.8, 4) is 17.3 Å². The number of fused-ring (bicyclic) bond motifs is 5. The van der Waals surface area contributed by atoms with Gasteiger partial charge in [-0.1, -0.05) is 36.4 Å². The second kappa shape index (κ2) is 11.0. The molecule has 43 heavy (non-hydrogen) atoms. The fourth-order valence-electron chi connectivity index (χ4n) is 8.64. The quantitative estimate of drug-likeness (QED) is 0.220. The van der Waals surface area contributed by atoms with E-state index < -0.39 is 5.82 Å². The van der Waals surface area contributed by atoms with E-state index in [1.54, 1.807) is 6.20 Å². The summed E-state index contributed by atoms with van der Waals surface area (Å²) in [6, 6.07) is 12.1. The maximum absolute atomic E-state index is 16.8. The van der Waals surface area contributed by atoms with Gasteiger partial charge in [-0.2, -0.15) is 9.97 Å². The molecule has 2 aromatic heterocycles. The summed E-state index contributed by atoms with van der Waals surface area (Å²) >= 11 is 0. The number of aryl methyl sites for hydroxylation is 1. The van der Waals surface area contributed by atoms with E-state index >= 15 is 4.39 Å². The number of ether oxygens (including phenoxy) is 1. The molecule has 4 aliphatic rings. The van der Waals surface area contributed by atoms with Crippen molar-refractivity contribution in [3.05, 3.63) is 54.0 Å². The van der Waals surface area contributed by atoms with E-state index in [1.165, 1.54) is 32.1 Å². The Bertz CT molecular complexity index is 1650. The van der Waals surface area contributed by atoms with Crippen molar-refractivity contribution in [3.63, 3.8) is 0 Å². The molecule has 2 atom stereocenters. The van der Waals surface area contributed by atoms with Crippen molar-refractivity contribution >= 4 is 27.5 Å². The topological polar surface area (TPSA) is 54.4 Å². The summed E-state index contributed by atoms with van der Waals surface area (Å²) < 4.78 is 36.4. The molecular formula is C35H39F2N5O. The van der Waals surface area contributed by atoms with Gasteiger partial charge in [-0.25, -0.2) is 4.39 Å². The maximum atomic E-state index is 16.8. The Balaban J connectivity index is 1.24. The largest absolute Gasteiger partial charge is 0.461 e. The second-order valence-electron chi connectivity index (χ2n) is 13.3. The van der Waals surface area contributed by atoms with Crippen LogP contribution in [0.3, 0.4) is 0 Å². The van der Waals surface area contributed by atoms with E-state index in [1.807, 2.05) is 36.4 Å². The van der Waals surface area contributed by atoms with Gasteiger partial charge in [0.1, 0.15) is 23.6 Å². The number of hydrogen-bond donors (Lipinski definition) is 0. The van der Waals surface area contributed by atoms with Crippen LogP contribution in [0.2, 0.25) is 0 Å². The first-order valence-electron chi connectivity index (χ1n) is 16.2. The minimum atomic E-state index is -0.458. The molecule has 2 unspecified atom stereocenters. The van der Waals surface area contributed by atoms with E-state index in [9.17, 15) is 4.39 Å². The lowest BCUT2D eigenvalue weighted by Gasteiger charge is -2.34. The number of nitrogens with zero attached hydrogens (tertiary/aromatic N) is 5. The molecule has 224 valence electrons. The summed E-state index contributed by atoms with van der Waals surface area (Å²) in [6.45, 7) is 4.22. The summed E-state index contributed by atoms with van der Waals surface area (Å²) in [5.41, 5.74) is 2.27. The number of piperidine rings is 1. The van der Waals surface area contributed by atoms with Crippen LogP contribution in [0, 0.1) is 17.7 Å². The number of halogens is 2. The van der Waals surface area contributed by atoms with Crippen LogP contribution in [0.15, 0.2) is 42.6 Å².